The Morgan fingerprint density at radius 3 is 2.81 bits per heavy atom. The number of hydrogen-bond donors (Lipinski definition) is 1. The van der Waals surface area contributed by atoms with Crippen LogP contribution in [-0.4, -0.2) is 29.2 Å². The second-order valence-electron chi connectivity index (χ2n) is 4.99. The predicted molar refractivity (Wildman–Crippen MR) is 66.2 cm³/mol. The van der Waals surface area contributed by atoms with Gasteiger partial charge in [-0.25, -0.2) is 0 Å². The first kappa shape index (κ1) is 11.6. The van der Waals surface area contributed by atoms with Gasteiger partial charge in [0.25, 0.3) is 0 Å². The van der Waals surface area contributed by atoms with Crippen LogP contribution in [0.5, 0.6) is 0 Å². The summed E-state index contributed by atoms with van der Waals surface area (Å²) in [5.41, 5.74) is 2.77. The smallest absolute Gasteiger partial charge is 0.0590 e. The van der Waals surface area contributed by atoms with Gasteiger partial charge in [-0.05, 0) is 30.4 Å². The summed E-state index contributed by atoms with van der Waals surface area (Å²) >= 11 is 0. The molecule has 88 valence electrons. The molecule has 1 aliphatic rings. The maximum absolute atomic E-state index is 9.69. The molecule has 0 radical (unpaired) electrons. The van der Waals surface area contributed by atoms with Gasteiger partial charge < -0.3 is 5.11 Å². The van der Waals surface area contributed by atoms with Crippen LogP contribution in [0.4, 0.5) is 0 Å². The minimum absolute atomic E-state index is 0.104. The largest absolute Gasteiger partial charge is 0.393 e. The van der Waals surface area contributed by atoms with Crippen LogP contribution < -0.4 is 0 Å². The van der Waals surface area contributed by atoms with Crippen LogP contribution in [0.25, 0.3) is 0 Å². The van der Waals surface area contributed by atoms with Crippen LogP contribution in [0.2, 0.25) is 0 Å². The molecule has 0 bridgehead atoms. The van der Waals surface area contributed by atoms with E-state index in [2.05, 4.69) is 43.0 Å². The lowest BCUT2D eigenvalue weighted by molar-refractivity contribution is 0.0319. The number of nitrogens with zero attached hydrogens (tertiary/aromatic N) is 1. The van der Waals surface area contributed by atoms with E-state index >= 15 is 0 Å². The summed E-state index contributed by atoms with van der Waals surface area (Å²) in [6.07, 6.45) is 0.806. The Morgan fingerprint density at radius 2 is 2.12 bits per heavy atom. The lowest BCUT2D eigenvalue weighted by Crippen LogP contribution is -2.41. The molecule has 0 aromatic heterocycles. The number of aryl methyl sites for hydroxylation is 1. The van der Waals surface area contributed by atoms with Crippen molar-refractivity contribution in [1.29, 1.82) is 0 Å². The molecule has 0 spiro atoms. The van der Waals surface area contributed by atoms with Crippen molar-refractivity contribution in [2.75, 3.05) is 13.1 Å². The van der Waals surface area contributed by atoms with E-state index in [4.69, 9.17) is 0 Å². The predicted octanol–water partition coefficient (Wildman–Crippen LogP) is 2.20. The zero-order chi connectivity index (χ0) is 11.5. The summed E-state index contributed by atoms with van der Waals surface area (Å²) in [6.45, 7) is 7.34. The molecule has 1 saturated heterocycles. The van der Waals surface area contributed by atoms with Gasteiger partial charge in [0, 0.05) is 19.6 Å². The Bertz CT molecular complexity index is 350. The van der Waals surface area contributed by atoms with E-state index in [1.165, 1.54) is 11.1 Å². The number of piperidine rings is 1. The fourth-order valence-electron chi connectivity index (χ4n) is 2.39. The summed E-state index contributed by atoms with van der Waals surface area (Å²) < 4.78 is 0. The summed E-state index contributed by atoms with van der Waals surface area (Å²) in [4.78, 5) is 2.44. The molecule has 1 aliphatic heterocycles. The van der Waals surface area contributed by atoms with Crippen LogP contribution in [0, 0.1) is 12.8 Å². The maximum Gasteiger partial charge on any atom is 0.0590 e. The highest BCUT2D eigenvalue weighted by Crippen LogP contribution is 2.19. The number of benzene rings is 1. The van der Waals surface area contributed by atoms with Crippen LogP contribution in [0.3, 0.4) is 0 Å². The zero-order valence-electron chi connectivity index (χ0n) is 10.2. The molecule has 2 rings (SSSR count). The van der Waals surface area contributed by atoms with E-state index in [9.17, 15) is 5.11 Å². The third-order valence-electron chi connectivity index (χ3n) is 3.60. The average Bonchev–Trinajstić information content (AvgIpc) is 2.27. The molecule has 0 amide bonds. The van der Waals surface area contributed by atoms with Gasteiger partial charge in [-0.2, -0.15) is 0 Å². The molecule has 16 heavy (non-hydrogen) atoms. The van der Waals surface area contributed by atoms with Crippen molar-refractivity contribution in [2.45, 2.75) is 32.9 Å². The molecular weight excluding hydrogens is 198 g/mol. The lowest BCUT2D eigenvalue weighted by atomic mass is 9.96. The second kappa shape index (κ2) is 4.98. The Kier molecular flexibility index (Phi) is 3.62. The van der Waals surface area contributed by atoms with E-state index < -0.39 is 0 Å². The number of aliphatic hydroxyl groups is 1. The lowest BCUT2D eigenvalue weighted by Gasteiger charge is -2.34. The summed E-state index contributed by atoms with van der Waals surface area (Å²) in [7, 11) is 0. The van der Waals surface area contributed by atoms with E-state index in [-0.39, 0.29) is 6.10 Å². The van der Waals surface area contributed by atoms with Crippen molar-refractivity contribution in [3.05, 3.63) is 35.4 Å². The first-order chi connectivity index (χ1) is 7.66. The summed E-state index contributed by atoms with van der Waals surface area (Å²) in [5, 5.41) is 9.69. The Morgan fingerprint density at radius 1 is 1.38 bits per heavy atom. The molecule has 1 fully saturated rings. The highest BCUT2D eigenvalue weighted by molar-refractivity contribution is 5.25. The minimum atomic E-state index is -0.104. The van der Waals surface area contributed by atoms with Crippen molar-refractivity contribution in [3.8, 4) is 0 Å². The van der Waals surface area contributed by atoms with Crippen molar-refractivity contribution >= 4 is 0 Å². The standard InChI is InChI=1S/C14H21NO/c1-11-5-3-4-6-13(11)10-15-8-7-14(16)12(2)9-15/h3-6,12,14,16H,7-10H2,1-2H3. The normalized spacial score (nSPS) is 26.9. The molecule has 1 aromatic rings. The monoisotopic (exact) mass is 219 g/mol. The van der Waals surface area contributed by atoms with Gasteiger partial charge in [-0.1, -0.05) is 31.2 Å². The molecule has 1 heterocycles. The summed E-state index contributed by atoms with van der Waals surface area (Å²) in [6, 6.07) is 8.55. The van der Waals surface area contributed by atoms with Crippen molar-refractivity contribution < 1.29 is 5.11 Å². The fraction of sp³-hybridized carbons (Fsp3) is 0.571. The number of likely N-dealkylation sites (tertiary alicyclic amines) is 1. The number of aliphatic hydroxyl groups excluding tert-OH is 1. The Balaban J connectivity index is 1.98. The van der Waals surface area contributed by atoms with Crippen LogP contribution in [0.1, 0.15) is 24.5 Å². The van der Waals surface area contributed by atoms with Gasteiger partial charge in [0.15, 0.2) is 0 Å². The first-order valence-electron chi connectivity index (χ1n) is 6.11. The highest BCUT2D eigenvalue weighted by atomic mass is 16.3. The van der Waals surface area contributed by atoms with E-state index in [0.717, 1.165) is 26.1 Å². The minimum Gasteiger partial charge on any atom is -0.393 e. The van der Waals surface area contributed by atoms with Crippen LogP contribution in [-0.2, 0) is 6.54 Å². The SMILES string of the molecule is Cc1ccccc1CN1CCC(O)C(C)C1. The average molecular weight is 219 g/mol. The molecule has 0 aliphatic carbocycles. The maximum atomic E-state index is 9.69. The molecule has 0 saturated carbocycles. The van der Waals surface area contributed by atoms with Crippen LogP contribution in [0.15, 0.2) is 24.3 Å². The van der Waals surface area contributed by atoms with E-state index in [1.54, 1.807) is 0 Å². The van der Waals surface area contributed by atoms with Gasteiger partial charge in [0.1, 0.15) is 0 Å². The second-order valence-corrected chi connectivity index (χ2v) is 4.99. The van der Waals surface area contributed by atoms with Crippen molar-refractivity contribution in [2.24, 2.45) is 5.92 Å². The molecule has 1 aromatic carbocycles. The van der Waals surface area contributed by atoms with Crippen molar-refractivity contribution in [1.82, 2.24) is 4.90 Å². The van der Waals surface area contributed by atoms with Crippen LogP contribution >= 0.6 is 0 Å². The molecule has 2 nitrogen and oxygen atoms in total. The fourth-order valence-corrected chi connectivity index (χ4v) is 2.39. The van der Waals surface area contributed by atoms with Gasteiger partial charge in [0.05, 0.1) is 6.10 Å². The van der Waals surface area contributed by atoms with Crippen molar-refractivity contribution in [3.63, 3.8) is 0 Å². The molecular formula is C14H21NO. The molecule has 2 heteroatoms. The van der Waals surface area contributed by atoms with Gasteiger partial charge in [-0.15, -0.1) is 0 Å². The number of hydrogen-bond acceptors (Lipinski definition) is 2. The quantitative estimate of drug-likeness (QED) is 0.824. The highest BCUT2D eigenvalue weighted by Gasteiger charge is 2.24. The van der Waals surface area contributed by atoms with E-state index in [1.807, 2.05) is 0 Å². The summed E-state index contributed by atoms with van der Waals surface area (Å²) in [5.74, 6) is 0.401. The van der Waals surface area contributed by atoms with Gasteiger partial charge in [-0.3, -0.25) is 4.90 Å². The van der Waals surface area contributed by atoms with Gasteiger partial charge >= 0.3 is 0 Å². The third-order valence-corrected chi connectivity index (χ3v) is 3.60. The van der Waals surface area contributed by atoms with E-state index in [0.29, 0.717) is 5.92 Å². The zero-order valence-corrected chi connectivity index (χ0v) is 10.2. The first-order valence-corrected chi connectivity index (χ1v) is 6.11. The topological polar surface area (TPSA) is 23.5 Å². The molecule has 2 unspecified atom stereocenters. The number of rotatable bonds is 2. The van der Waals surface area contributed by atoms with Gasteiger partial charge in [0.2, 0.25) is 0 Å². The molecule has 2 atom stereocenters. The third kappa shape index (κ3) is 2.63. The Hall–Kier alpha value is -0.860. The Labute approximate surface area is 97.9 Å². The molecule has 1 N–H and O–H groups in total.